The number of anilines is 1. The Bertz CT molecular complexity index is 991. The molecule has 0 spiro atoms. The van der Waals surface area contributed by atoms with Crippen molar-refractivity contribution in [1.29, 1.82) is 0 Å². The minimum atomic E-state index is -4.59. The normalized spacial score (nSPS) is 11.6. The van der Waals surface area contributed by atoms with Crippen LogP contribution in [0.4, 0.5) is 18.9 Å². The fraction of sp³-hybridized carbons (Fsp3) is 0.222. The first-order valence-corrected chi connectivity index (χ1v) is 8.89. The van der Waals surface area contributed by atoms with Gasteiger partial charge in [0.15, 0.2) is 0 Å². The summed E-state index contributed by atoms with van der Waals surface area (Å²) >= 11 is 1.32. The Morgan fingerprint density at radius 1 is 1.22 bits per heavy atom. The summed E-state index contributed by atoms with van der Waals surface area (Å²) in [6.07, 6.45) is -4.59. The molecule has 0 fully saturated rings. The number of halogens is 3. The smallest absolute Gasteiger partial charge is 0.418 e. The van der Waals surface area contributed by atoms with E-state index in [9.17, 15) is 22.8 Å². The largest absolute Gasteiger partial charge is 0.461 e. The van der Waals surface area contributed by atoms with Crippen molar-refractivity contribution in [2.75, 3.05) is 11.9 Å². The van der Waals surface area contributed by atoms with Gasteiger partial charge in [-0.05, 0) is 36.6 Å². The molecule has 0 aliphatic carbocycles. The molecule has 1 N–H and O–H groups in total. The Labute approximate surface area is 156 Å². The molecule has 0 aliphatic heterocycles. The molecule has 1 amide bonds. The quantitative estimate of drug-likeness (QED) is 0.645. The molecule has 3 rings (SSSR count). The summed E-state index contributed by atoms with van der Waals surface area (Å²) in [4.78, 5) is 25.2. The number of rotatable bonds is 5. The number of carbonyl (C=O) groups is 2. The van der Waals surface area contributed by atoms with Gasteiger partial charge in [0.25, 0.3) is 0 Å². The second kappa shape index (κ2) is 7.43. The Morgan fingerprint density at radius 3 is 2.67 bits per heavy atom. The second-order valence-electron chi connectivity index (χ2n) is 5.61. The van der Waals surface area contributed by atoms with Crippen molar-refractivity contribution in [3.63, 3.8) is 0 Å². The van der Waals surface area contributed by atoms with Crippen LogP contribution in [0, 0.1) is 0 Å². The maximum atomic E-state index is 13.1. The second-order valence-corrected chi connectivity index (χ2v) is 6.50. The summed E-state index contributed by atoms with van der Waals surface area (Å²) < 4.78 is 45.7. The number of fused-ring (bicyclic) bond motifs is 1. The molecule has 1 aromatic carbocycles. The molecule has 3 aromatic rings. The van der Waals surface area contributed by atoms with E-state index >= 15 is 0 Å². The van der Waals surface area contributed by atoms with Crippen LogP contribution < -0.4 is 5.32 Å². The van der Waals surface area contributed by atoms with Gasteiger partial charge in [0.2, 0.25) is 5.91 Å². The van der Waals surface area contributed by atoms with E-state index in [4.69, 9.17) is 4.74 Å². The third-order valence-electron chi connectivity index (χ3n) is 3.80. The monoisotopic (exact) mass is 396 g/mol. The molecule has 2 heterocycles. The topological polar surface area (TPSA) is 60.3 Å². The number of para-hydroxylation sites is 1. The Hall–Kier alpha value is -2.81. The van der Waals surface area contributed by atoms with Gasteiger partial charge in [0.1, 0.15) is 17.1 Å². The van der Waals surface area contributed by atoms with Gasteiger partial charge < -0.3 is 14.6 Å². The molecule has 0 bridgehead atoms. The van der Waals surface area contributed by atoms with Gasteiger partial charge in [-0.25, -0.2) is 4.79 Å². The van der Waals surface area contributed by atoms with Gasteiger partial charge in [-0.15, -0.1) is 11.3 Å². The fourth-order valence-corrected chi connectivity index (χ4v) is 3.58. The number of ether oxygens (including phenoxy) is 1. The van der Waals surface area contributed by atoms with E-state index in [0.717, 1.165) is 11.5 Å². The molecule has 0 saturated heterocycles. The van der Waals surface area contributed by atoms with Gasteiger partial charge in [0, 0.05) is 5.39 Å². The van der Waals surface area contributed by atoms with Gasteiger partial charge in [-0.3, -0.25) is 4.79 Å². The van der Waals surface area contributed by atoms with Gasteiger partial charge in [-0.2, -0.15) is 13.2 Å². The van der Waals surface area contributed by atoms with E-state index in [2.05, 4.69) is 5.32 Å². The predicted molar refractivity (Wildman–Crippen MR) is 95.8 cm³/mol. The third-order valence-corrected chi connectivity index (χ3v) is 4.75. The van der Waals surface area contributed by atoms with Gasteiger partial charge in [-0.1, -0.05) is 12.1 Å². The fourth-order valence-electron chi connectivity index (χ4n) is 2.68. The van der Waals surface area contributed by atoms with Crippen LogP contribution in [0.2, 0.25) is 0 Å². The van der Waals surface area contributed by atoms with Crippen LogP contribution in [-0.4, -0.2) is 23.1 Å². The molecule has 0 aliphatic rings. The molecule has 0 atom stereocenters. The first-order chi connectivity index (χ1) is 12.8. The number of nitrogens with zero attached hydrogens (tertiary/aromatic N) is 1. The highest BCUT2D eigenvalue weighted by atomic mass is 32.1. The maximum Gasteiger partial charge on any atom is 0.418 e. The van der Waals surface area contributed by atoms with Crippen LogP contribution in [0.3, 0.4) is 0 Å². The summed E-state index contributed by atoms with van der Waals surface area (Å²) in [5, 5.41) is 4.84. The maximum absolute atomic E-state index is 13.1. The van der Waals surface area contributed by atoms with Crippen LogP contribution in [0.1, 0.15) is 23.0 Å². The van der Waals surface area contributed by atoms with Gasteiger partial charge in [0.05, 0.1) is 17.9 Å². The van der Waals surface area contributed by atoms with Crippen LogP contribution in [0.15, 0.2) is 41.8 Å². The number of amides is 1. The Balaban J connectivity index is 1.88. The summed E-state index contributed by atoms with van der Waals surface area (Å²) in [5.41, 5.74) is -1.09. The minimum Gasteiger partial charge on any atom is -0.461 e. The average Bonchev–Trinajstić information content (AvgIpc) is 3.17. The van der Waals surface area contributed by atoms with E-state index in [0.29, 0.717) is 4.83 Å². The zero-order valence-electron chi connectivity index (χ0n) is 14.2. The Morgan fingerprint density at radius 2 is 1.96 bits per heavy atom. The van der Waals surface area contributed by atoms with E-state index in [-0.39, 0.29) is 24.5 Å². The molecule has 0 unspecified atom stereocenters. The van der Waals surface area contributed by atoms with Crippen molar-refractivity contribution in [2.45, 2.75) is 19.6 Å². The van der Waals surface area contributed by atoms with E-state index < -0.39 is 23.6 Å². The molecular weight excluding hydrogens is 381 g/mol. The number of alkyl halides is 3. The lowest BCUT2D eigenvalue weighted by Gasteiger charge is -2.14. The van der Waals surface area contributed by atoms with Gasteiger partial charge >= 0.3 is 12.1 Å². The lowest BCUT2D eigenvalue weighted by atomic mass is 10.1. The first-order valence-electron chi connectivity index (χ1n) is 8.01. The zero-order valence-corrected chi connectivity index (χ0v) is 15.0. The first kappa shape index (κ1) is 19.0. The highest BCUT2D eigenvalue weighted by Crippen LogP contribution is 2.34. The molecule has 9 heteroatoms. The molecule has 27 heavy (non-hydrogen) atoms. The van der Waals surface area contributed by atoms with E-state index in [1.165, 1.54) is 34.1 Å². The summed E-state index contributed by atoms with van der Waals surface area (Å²) in [6, 6.07) is 8.12. The number of nitrogens with one attached hydrogen (secondary N) is 1. The number of carbonyl (C=O) groups excluding carboxylic acids is 2. The third kappa shape index (κ3) is 3.97. The highest BCUT2D eigenvalue weighted by Gasteiger charge is 2.33. The minimum absolute atomic E-state index is 0.169. The van der Waals surface area contributed by atoms with Crippen LogP contribution in [0.25, 0.3) is 10.2 Å². The van der Waals surface area contributed by atoms with Crippen molar-refractivity contribution < 1.29 is 27.5 Å². The standard InChI is InChI=1S/C18H15F3N2O3S/c1-2-26-17(25)14-9-11-7-8-27-16(11)23(14)10-15(24)22-13-6-4-3-5-12(13)18(19,20)21/h3-9H,2,10H2,1H3,(H,22,24). The highest BCUT2D eigenvalue weighted by molar-refractivity contribution is 7.16. The van der Waals surface area contributed by atoms with Crippen molar-refractivity contribution in [1.82, 2.24) is 4.57 Å². The summed E-state index contributed by atoms with van der Waals surface area (Å²) in [7, 11) is 0. The zero-order chi connectivity index (χ0) is 19.6. The molecule has 0 radical (unpaired) electrons. The number of hydrogen-bond donors (Lipinski definition) is 1. The van der Waals surface area contributed by atoms with E-state index in [1.807, 2.05) is 0 Å². The van der Waals surface area contributed by atoms with Crippen molar-refractivity contribution >= 4 is 39.1 Å². The number of aromatic nitrogens is 1. The Kier molecular flexibility index (Phi) is 5.22. The lowest BCUT2D eigenvalue weighted by Crippen LogP contribution is -2.23. The van der Waals surface area contributed by atoms with Crippen molar-refractivity contribution in [2.24, 2.45) is 0 Å². The molecule has 0 saturated carbocycles. The number of benzene rings is 1. The number of thiophene rings is 1. The van der Waals surface area contributed by atoms with Crippen molar-refractivity contribution in [3.8, 4) is 0 Å². The van der Waals surface area contributed by atoms with E-state index in [1.54, 1.807) is 24.4 Å². The number of esters is 1. The van der Waals surface area contributed by atoms with Crippen LogP contribution in [0.5, 0.6) is 0 Å². The molecule has 142 valence electrons. The molecular formula is C18H15F3N2O3S. The van der Waals surface area contributed by atoms with Crippen LogP contribution >= 0.6 is 11.3 Å². The predicted octanol–water partition coefficient (Wildman–Crippen LogP) is 4.54. The lowest BCUT2D eigenvalue weighted by molar-refractivity contribution is -0.137. The summed E-state index contributed by atoms with van der Waals surface area (Å²) in [5.74, 6) is -1.27. The van der Waals surface area contributed by atoms with Crippen LogP contribution in [-0.2, 0) is 22.3 Å². The summed E-state index contributed by atoms with van der Waals surface area (Å²) in [6.45, 7) is 1.52. The molecule has 2 aromatic heterocycles. The number of hydrogen-bond acceptors (Lipinski definition) is 4. The molecule has 5 nitrogen and oxygen atoms in total. The van der Waals surface area contributed by atoms with Crippen molar-refractivity contribution in [3.05, 3.63) is 53.0 Å². The average molecular weight is 396 g/mol. The SMILES string of the molecule is CCOC(=O)c1cc2ccsc2n1CC(=O)Nc1ccccc1C(F)(F)F.